The minimum absolute atomic E-state index is 0.0357. The fourth-order valence-corrected chi connectivity index (χ4v) is 5.10. The van der Waals surface area contributed by atoms with E-state index in [0.717, 1.165) is 54.6 Å². The summed E-state index contributed by atoms with van der Waals surface area (Å²) in [5.74, 6) is 0.861. The van der Waals surface area contributed by atoms with Crippen LogP contribution < -0.4 is 21.1 Å². The Bertz CT molecular complexity index is 1210. The van der Waals surface area contributed by atoms with E-state index in [1.807, 2.05) is 25.4 Å². The molecule has 5 rings (SSSR count). The fraction of sp³-hybridized carbons (Fsp3) is 0.556. The van der Waals surface area contributed by atoms with Gasteiger partial charge < -0.3 is 15.5 Å². The lowest BCUT2D eigenvalue weighted by Crippen LogP contribution is -2.47. The zero-order valence-electron chi connectivity index (χ0n) is 21.6. The van der Waals surface area contributed by atoms with Crippen molar-refractivity contribution in [3.63, 3.8) is 0 Å². The Morgan fingerprint density at radius 2 is 1.97 bits per heavy atom. The van der Waals surface area contributed by atoms with Crippen LogP contribution in [-0.4, -0.2) is 56.3 Å². The standard InChI is InChI=1S/C27H38N8O/c1-19(2)30-24-12-22(15-28-16-24)26-18-35(32-31-26)20(3)34-11-9-25(13-27(34)36)33-10-5-8-23(17-33)29-14-21-6-4-7-21/h9,11-13,15-16,18-21,23,29-30H,4-8,10,14,17H2,1-3H3/t20?,23-/m1/s1. The Hall–Kier alpha value is -3.20. The fourth-order valence-electron chi connectivity index (χ4n) is 5.10. The number of anilines is 2. The third-order valence-corrected chi connectivity index (χ3v) is 7.42. The van der Waals surface area contributed by atoms with Gasteiger partial charge in [0, 0.05) is 61.1 Å². The highest BCUT2D eigenvalue weighted by atomic mass is 16.1. The molecule has 9 nitrogen and oxygen atoms in total. The van der Waals surface area contributed by atoms with Crippen molar-refractivity contribution in [2.75, 3.05) is 29.9 Å². The lowest BCUT2D eigenvalue weighted by atomic mass is 9.85. The van der Waals surface area contributed by atoms with E-state index < -0.39 is 0 Å². The van der Waals surface area contributed by atoms with Gasteiger partial charge in [-0.25, -0.2) is 4.68 Å². The van der Waals surface area contributed by atoms with Gasteiger partial charge in [-0.1, -0.05) is 11.6 Å². The molecule has 0 bridgehead atoms. The van der Waals surface area contributed by atoms with Crippen molar-refractivity contribution in [3.8, 4) is 11.3 Å². The monoisotopic (exact) mass is 490 g/mol. The number of piperidine rings is 1. The van der Waals surface area contributed by atoms with Gasteiger partial charge in [-0.15, -0.1) is 5.10 Å². The molecule has 2 N–H and O–H groups in total. The molecule has 0 spiro atoms. The van der Waals surface area contributed by atoms with Crippen LogP contribution in [0.2, 0.25) is 0 Å². The number of pyridine rings is 2. The Balaban J connectivity index is 1.26. The largest absolute Gasteiger partial charge is 0.382 e. The van der Waals surface area contributed by atoms with E-state index in [-0.39, 0.29) is 11.7 Å². The van der Waals surface area contributed by atoms with Crippen LogP contribution in [0.25, 0.3) is 11.3 Å². The molecule has 2 atom stereocenters. The summed E-state index contributed by atoms with van der Waals surface area (Å²) in [4.78, 5) is 19.8. The molecule has 1 saturated heterocycles. The molecule has 3 aromatic heterocycles. The lowest BCUT2D eigenvalue weighted by Gasteiger charge is -2.36. The molecule has 0 aromatic carbocycles. The van der Waals surface area contributed by atoms with E-state index in [2.05, 4.69) is 50.7 Å². The zero-order valence-corrected chi connectivity index (χ0v) is 21.6. The molecule has 1 saturated carbocycles. The van der Waals surface area contributed by atoms with Gasteiger partial charge in [0.15, 0.2) is 0 Å². The lowest BCUT2D eigenvalue weighted by molar-refractivity contribution is 0.280. The summed E-state index contributed by atoms with van der Waals surface area (Å²) in [6.07, 6.45) is 13.5. The van der Waals surface area contributed by atoms with Crippen LogP contribution in [-0.2, 0) is 0 Å². The number of rotatable bonds is 9. The molecular formula is C27H38N8O. The maximum Gasteiger partial charge on any atom is 0.254 e. The predicted octanol–water partition coefficient (Wildman–Crippen LogP) is 3.75. The van der Waals surface area contributed by atoms with Crippen molar-refractivity contribution < 1.29 is 0 Å². The number of nitrogens with zero attached hydrogens (tertiary/aromatic N) is 6. The first-order valence-electron chi connectivity index (χ1n) is 13.3. The summed E-state index contributed by atoms with van der Waals surface area (Å²) in [6.45, 7) is 9.21. The molecule has 1 aliphatic heterocycles. The molecule has 2 aliphatic rings. The summed E-state index contributed by atoms with van der Waals surface area (Å²) in [5, 5.41) is 15.8. The summed E-state index contributed by atoms with van der Waals surface area (Å²) in [6, 6.07) is 6.63. The molecule has 4 heterocycles. The third-order valence-electron chi connectivity index (χ3n) is 7.42. The first-order chi connectivity index (χ1) is 17.5. The quantitative estimate of drug-likeness (QED) is 0.472. The van der Waals surface area contributed by atoms with E-state index in [1.54, 1.807) is 27.7 Å². The van der Waals surface area contributed by atoms with Gasteiger partial charge in [0.2, 0.25) is 0 Å². The van der Waals surface area contributed by atoms with E-state index in [9.17, 15) is 4.79 Å². The van der Waals surface area contributed by atoms with Gasteiger partial charge in [-0.3, -0.25) is 14.3 Å². The Morgan fingerprint density at radius 3 is 2.72 bits per heavy atom. The Morgan fingerprint density at radius 1 is 1.11 bits per heavy atom. The van der Waals surface area contributed by atoms with Crippen LogP contribution in [0, 0.1) is 5.92 Å². The van der Waals surface area contributed by atoms with Crippen LogP contribution in [0.3, 0.4) is 0 Å². The second-order valence-electron chi connectivity index (χ2n) is 10.6. The predicted molar refractivity (Wildman–Crippen MR) is 143 cm³/mol. The van der Waals surface area contributed by atoms with Crippen molar-refractivity contribution in [1.29, 1.82) is 0 Å². The van der Waals surface area contributed by atoms with Gasteiger partial charge in [-0.05, 0) is 71.0 Å². The van der Waals surface area contributed by atoms with E-state index in [4.69, 9.17) is 0 Å². The number of nitrogens with one attached hydrogen (secondary N) is 2. The van der Waals surface area contributed by atoms with E-state index in [1.165, 1.54) is 25.7 Å². The van der Waals surface area contributed by atoms with Crippen molar-refractivity contribution >= 4 is 11.4 Å². The Labute approximate surface area is 212 Å². The van der Waals surface area contributed by atoms with Gasteiger partial charge >= 0.3 is 0 Å². The smallest absolute Gasteiger partial charge is 0.254 e. The van der Waals surface area contributed by atoms with Crippen LogP contribution in [0.5, 0.6) is 0 Å². The molecule has 0 amide bonds. The number of aromatic nitrogens is 5. The molecule has 2 fully saturated rings. The second kappa shape index (κ2) is 10.8. The Kier molecular flexibility index (Phi) is 7.36. The van der Waals surface area contributed by atoms with E-state index >= 15 is 0 Å². The van der Waals surface area contributed by atoms with Crippen LogP contribution >= 0.6 is 0 Å². The molecule has 9 heteroatoms. The summed E-state index contributed by atoms with van der Waals surface area (Å²) in [7, 11) is 0. The first kappa shape index (κ1) is 24.5. The first-order valence-corrected chi connectivity index (χ1v) is 13.3. The van der Waals surface area contributed by atoms with Crippen LogP contribution in [0.1, 0.15) is 59.0 Å². The van der Waals surface area contributed by atoms with Gasteiger partial charge in [0.1, 0.15) is 11.9 Å². The third kappa shape index (κ3) is 5.61. The minimum Gasteiger partial charge on any atom is -0.382 e. The topological polar surface area (TPSA) is 92.9 Å². The number of hydrogen-bond acceptors (Lipinski definition) is 7. The van der Waals surface area contributed by atoms with Gasteiger partial charge in [0.05, 0.1) is 11.9 Å². The molecule has 0 radical (unpaired) electrons. The zero-order chi connectivity index (χ0) is 25.1. The average Bonchev–Trinajstić information content (AvgIpc) is 3.33. The van der Waals surface area contributed by atoms with Crippen molar-refractivity contribution in [1.82, 2.24) is 29.9 Å². The highest BCUT2D eigenvalue weighted by Gasteiger charge is 2.23. The highest BCUT2D eigenvalue weighted by Crippen LogP contribution is 2.26. The minimum atomic E-state index is -0.295. The average molecular weight is 491 g/mol. The van der Waals surface area contributed by atoms with Crippen LogP contribution in [0.4, 0.5) is 11.4 Å². The van der Waals surface area contributed by atoms with Gasteiger partial charge in [-0.2, -0.15) is 0 Å². The molecule has 1 aliphatic carbocycles. The SMILES string of the molecule is CC(C)Nc1cncc(-c2cn(C(C)n3ccc(N4CCC[C@@H](NCC5CCC5)C4)cc3=O)nn2)c1. The molecule has 192 valence electrons. The maximum atomic E-state index is 13.1. The van der Waals surface area contributed by atoms with E-state index in [0.29, 0.717) is 12.1 Å². The summed E-state index contributed by atoms with van der Waals surface area (Å²) >= 11 is 0. The molecule has 36 heavy (non-hydrogen) atoms. The second-order valence-corrected chi connectivity index (χ2v) is 10.6. The maximum absolute atomic E-state index is 13.1. The van der Waals surface area contributed by atoms with Crippen molar-refractivity contribution in [2.24, 2.45) is 5.92 Å². The summed E-state index contributed by atoms with van der Waals surface area (Å²) in [5.41, 5.74) is 3.51. The summed E-state index contributed by atoms with van der Waals surface area (Å²) < 4.78 is 3.42. The van der Waals surface area contributed by atoms with Crippen molar-refractivity contribution in [2.45, 2.75) is 71.1 Å². The van der Waals surface area contributed by atoms with Gasteiger partial charge in [0.25, 0.3) is 5.56 Å². The molecular weight excluding hydrogens is 452 g/mol. The molecule has 3 aromatic rings. The molecule has 1 unspecified atom stereocenters. The van der Waals surface area contributed by atoms with Crippen LogP contribution in [0.15, 0.2) is 47.8 Å². The highest BCUT2D eigenvalue weighted by molar-refractivity contribution is 5.62. The number of hydrogen-bond donors (Lipinski definition) is 2. The van der Waals surface area contributed by atoms with Crippen molar-refractivity contribution in [3.05, 3.63) is 53.3 Å². The normalized spacial score (nSPS) is 19.3.